The van der Waals surface area contributed by atoms with E-state index < -0.39 is 11.7 Å². The van der Waals surface area contributed by atoms with Crippen LogP contribution in [0.3, 0.4) is 0 Å². The number of hydrogen-bond donors (Lipinski definition) is 1. The summed E-state index contributed by atoms with van der Waals surface area (Å²) in [6, 6.07) is 5.18. The summed E-state index contributed by atoms with van der Waals surface area (Å²) in [4.78, 5) is 24.5. The van der Waals surface area contributed by atoms with Crippen LogP contribution in [0.25, 0.3) is 0 Å². The Labute approximate surface area is 173 Å². The monoisotopic (exact) mass is 419 g/mol. The van der Waals surface area contributed by atoms with Gasteiger partial charge in [0.15, 0.2) is 0 Å². The number of hydrogen-bond acceptors (Lipinski definition) is 4. The van der Waals surface area contributed by atoms with E-state index in [0.29, 0.717) is 37.3 Å². The van der Waals surface area contributed by atoms with Gasteiger partial charge in [0.2, 0.25) is 0 Å². The maximum absolute atomic E-state index is 13.0. The molecule has 2 aliphatic rings. The Balaban J connectivity index is 1.36. The van der Waals surface area contributed by atoms with Crippen LogP contribution in [-0.2, 0) is 19.1 Å². The molecule has 6 nitrogen and oxygen atoms in total. The zero-order chi connectivity index (χ0) is 21.3. The molecule has 1 fully saturated rings. The highest BCUT2D eigenvalue weighted by molar-refractivity contribution is 5.75. The van der Waals surface area contributed by atoms with Gasteiger partial charge < -0.3 is 15.1 Å². The number of pyridine rings is 2. The lowest BCUT2D eigenvalue weighted by Crippen LogP contribution is -2.45. The van der Waals surface area contributed by atoms with Gasteiger partial charge in [0.1, 0.15) is 0 Å². The first-order valence-electron chi connectivity index (χ1n) is 10.1. The van der Waals surface area contributed by atoms with Crippen LogP contribution in [0.4, 0.5) is 18.0 Å². The van der Waals surface area contributed by atoms with Crippen molar-refractivity contribution < 1.29 is 18.0 Å². The van der Waals surface area contributed by atoms with Crippen molar-refractivity contribution in [2.24, 2.45) is 0 Å². The average Bonchev–Trinajstić information content (AvgIpc) is 3.20. The van der Waals surface area contributed by atoms with Gasteiger partial charge in [0.25, 0.3) is 0 Å². The van der Waals surface area contributed by atoms with Gasteiger partial charge in [-0.05, 0) is 36.6 Å². The maximum atomic E-state index is 13.0. The van der Waals surface area contributed by atoms with Crippen molar-refractivity contribution in [3.05, 3.63) is 59.2 Å². The number of nitrogens with one attached hydrogen (secondary N) is 1. The molecule has 4 heterocycles. The highest BCUT2D eigenvalue weighted by Crippen LogP contribution is 2.31. The number of halogens is 3. The van der Waals surface area contributed by atoms with E-state index >= 15 is 0 Å². The second-order valence-electron chi connectivity index (χ2n) is 7.89. The molecule has 0 aliphatic carbocycles. The number of carbonyl (C=O) groups is 1. The lowest BCUT2D eigenvalue weighted by molar-refractivity contribution is -0.137. The SMILES string of the molecule is CC(NC1CCN(C(=O)N2CCc3ncc(C(F)(F)F)cc3C2)C1)c1cccnc1. The number of fused-ring (bicyclic) bond motifs is 1. The zero-order valence-electron chi connectivity index (χ0n) is 16.7. The van der Waals surface area contributed by atoms with E-state index in [1.54, 1.807) is 16.0 Å². The second kappa shape index (κ2) is 8.22. The predicted molar refractivity (Wildman–Crippen MR) is 105 cm³/mol. The van der Waals surface area contributed by atoms with Gasteiger partial charge in [-0.1, -0.05) is 6.07 Å². The molecule has 1 N–H and O–H groups in total. The van der Waals surface area contributed by atoms with Crippen molar-refractivity contribution in [2.45, 2.75) is 44.6 Å². The Hall–Kier alpha value is -2.68. The molecule has 2 aliphatic heterocycles. The Kier molecular flexibility index (Phi) is 5.64. The molecule has 2 aromatic heterocycles. The Morgan fingerprint density at radius 1 is 1.27 bits per heavy atom. The molecule has 2 unspecified atom stereocenters. The van der Waals surface area contributed by atoms with Crippen LogP contribution in [0, 0.1) is 0 Å². The van der Waals surface area contributed by atoms with Crippen LogP contribution in [0.5, 0.6) is 0 Å². The first-order chi connectivity index (χ1) is 14.3. The van der Waals surface area contributed by atoms with Crippen molar-refractivity contribution >= 4 is 6.03 Å². The van der Waals surface area contributed by atoms with E-state index in [0.717, 1.165) is 24.2 Å². The molecule has 2 atom stereocenters. The van der Waals surface area contributed by atoms with Gasteiger partial charge >= 0.3 is 12.2 Å². The lowest BCUT2D eigenvalue weighted by Gasteiger charge is -2.32. The lowest BCUT2D eigenvalue weighted by atomic mass is 10.0. The number of alkyl halides is 3. The van der Waals surface area contributed by atoms with Crippen LogP contribution in [0.1, 0.15) is 41.8 Å². The number of nitrogens with zero attached hydrogens (tertiary/aromatic N) is 4. The number of amides is 2. The normalized spacial score (nSPS) is 20.2. The Morgan fingerprint density at radius 3 is 2.83 bits per heavy atom. The molecule has 4 rings (SSSR count). The standard InChI is InChI=1S/C21H24F3N5O/c1-14(15-3-2-6-25-10-15)27-18-4-7-29(13-18)20(30)28-8-5-19-16(12-28)9-17(11-26-19)21(22,23)24/h2-3,6,9-11,14,18,27H,4-5,7-8,12-13H2,1H3. The average molecular weight is 419 g/mol. The van der Waals surface area contributed by atoms with Gasteiger partial charge in [-0.2, -0.15) is 13.2 Å². The number of likely N-dealkylation sites (tertiary alicyclic amines) is 1. The third-order valence-electron chi connectivity index (χ3n) is 5.77. The van der Waals surface area contributed by atoms with Crippen LogP contribution in [-0.4, -0.2) is 51.5 Å². The maximum Gasteiger partial charge on any atom is 0.417 e. The number of urea groups is 1. The molecule has 0 aromatic carbocycles. The smallest absolute Gasteiger partial charge is 0.323 e. The van der Waals surface area contributed by atoms with Gasteiger partial charge in [0, 0.05) is 69.0 Å². The van der Waals surface area contributed by atoms with Crippen LogP contribution in [0.2, 0.25) is 0 Å². The molecular weight excluding hydrogens is 395 g/mol. The minimum Gasteiger partial charge on any atom is -0.323 e. The third-order valence-corrected chi connectivity index (χ3v) is 5.77. The summed E-state index contributed by atoms with van der Waals surface area (Å²) < 4.78 is 39.0. The number of rotatable bonds is 3. The molecule has 2 amide bonds. The van der Waals surface area contributed by atoms with Crippen LogP contribution in [0.15, 0.2) is 36.8 Å². The molecule has 0 bridgehead atoms. The minimum absolute atomic E-state index is 0.118. The van der Waals surface area contributed by atoms with Gasteiger partial charge in [-0.25, -0.2) is 4.79 Å². The first-order valence-corrected chi connectivity index (χ1v) is 10.1. The summed E-state index contributed by atoms with van der Waals surface area (Å²) in [6.45, 7) is 3.89. The first kappa shape index (κ1) is 20.6. The third kappa shape index (κ3) is 4.40. The summed E-state index contributed by atoms with van der Waals surface area (Å²) >= 11 is 0. The molecule has 30 heavy (non-hydrogen) atoms. The zero-order valence-corrected chi connectivity index (χ0v) is 16.7. The fraction of sp³-hybridized carbons (Fsp3) is 0.476. The molecule has 0 radical (unpaired) electrons. The molecular formula is C21H24F3N5O. The van der Waals surface area contributed by atoms with Crippen molar-refractivity contribution in [1.29, 1.82) is 0 Å². The molecule has 2 aromatic rings. The van der Waals surface area contributed by atoms with Crippen LogP contribution >= 0.6 is 0 Å². The van der Waals surface area contributed by atoms with Crippen molar-refractivity contribution in [3.8, 4) is 0 Å². The van der Waals surface area contributed by atoms with E-state index in [1.807, 2.05) is 18.3 Å². The van der Waals surface area contributed by atoms with E-state index in [9.17, 15) is 18.0 Å². The summed E-state index contributed by atoms with van der Waals surface area (Å²) in [7, 11) is 0. The number of aromatic nitrogens is 2. The quantitative estimate of drug-likeness (QED) is 0.829. The van der Waals surface area contributed by atoms with Gasteiger partial charge in [0.05, 0.1) is 5.56 Å². The van der Waals surface area contributed by atoms with Crippen molar-refractivity contribution in [1.82, 2.24) is 25.1 Å². The molecule has 160 valence electrons. The molecule has 1 saturated heterocycles. The summed E-state index contributed by atoms with van der Waals surface area (Å²) in [5, 5.41) is 3.54. The highest BCUT2D eigenvalue weighted by Gasteiger charge is 2.34. The van der Waals surface area contributed by atoms with Crippen molar-refractivity contribution in [3.63, 3.8) is 0 Å². The van der Waals surface area contributed by atoms with Crippen LogP contribution < -0.4 is 5.32 Å². The van der Waals surface area contributed by atoms with E-state index in [4.69, 9.17) is 0 Å². The topological polar surface area (TPSA) is 61.4 Å². The van der Waals surface area contributed by atoms with E-state index in [-0.39, 0.29) is 24.7 Å². The fourth-order valence-electron chi connectivity index (χ4n) is 4.10. The molecule has 0 saturated carbocycles. The summed E-state index contributed by atoms with van der Waals surface area (Å²) in [5.41, 5.74) is 1.43. The van der Waals surface area contributed by atoms with E-state index in [1.165, 1.54) is 0 Å². The van der Waals surface area contributed by atoms with Gasteiger partial charge in [-0.3, -0.25) is 9.97 Å². The van der Waals surface area contributed by atoms with Gasteiger partial charge in [-0.15, -0.1) is 0 Å². The Morgan fingerprint density at radius 2 is 2.10 bits per heavy atom. The molecule has 9 heteroatoms. The summed E-state index contributed by atoms with van der Waals surface area (Å²) in [5.74, 6) is 0. The fourth-order valence-corrected chi connectivity index (χ4v) is 4.10. The Bertz CT molecular complexity index is 905. The minimum atomic E-state index is -4.44. The van der Waals surface area contributed by atoms with E-state index in [2.05, 4.69) is 22.2 Å². The second-order valence-corrected chi connectivity index (χ2v) is 7.89. The van der Waals surface area contributed by atoms with Crippen molar-refractivity contribution in [2.75, 3.05) is 19.6 Å². The summed E-state index contributed by atoms with van der Waals surface area (Å²) in [6.07, 6.45) is 1.29. The number of carbonyl (C=O) groups excluding carboxylic acids is 1. The largest absolute Gasteiger partial charge is 0.417 e. The molecule has 0 spiro atoms. The predicted octanol–water partition coefficient (Wildman–Crippen LogP) is 3.40. The highest BCUT2D eigenvalue weighted by atomic mass is 19.4.